The van der Waals surface area contributed by atoms with E-state index in [0.717, 1.165) is 0 Å². The van der Waals surface area contributed by atoms with Gasteiger partial charge >= 0.3 is 6.18 Å². The fraction of sp³-hybridized carbons (Fsp3) is 0.250. The number of alkyl halides is 3. The second-order valence-electron chi connectivity index (χ2n) is 5.09. The molecule has 1 N–H and O–H groups in total. The lowest BCUT2D eigenvalue weighted by Crippen LogP contribution is -2.24. The lowest BCUT2D eigenvalue weighted by Gasteiger charge is -2.26. The van der Waals surface area contributed by atoms with Gasteiger partial charge in [-0.3, -0.25) is 0 Å². The van der Waals surface area contributed by atoms with Crippen LogP contribution in [0.3, 0.4) is 0 Å². The molecule has 118 valence electrons. The van der Waals surface area contributed by atoms with Gasteiger partial charge in [0.2, 0.25) is 0 Å². The number of hydrogen-bond acceptors (Lipinski definition) is 3. The van der Waals surface area contributed by atoms with Crippen LogP contribution in [-0.2, 0) is 6.18 Å². The maximum absolute atomic E-state index is 14.2. The molecular formula is C16H11F4N3. The van der Waals surface area contributed by atoms with Gasteiger partial charge in [0.05, 0.1) is 34.8 Å². The average Bonchev–Trinajstić information content (AvgIpc) is 2.46. The Hall–Kier alpha value is -2.80. The molecule has 0 saturated carbocycles. The average molecular weight is 321 g/mol. The smallest absolute Gasteiger partial charge is 0.361 e. The Morgan fingerprint density at radius 2 is 1.57 bits per heavy atom. The quantitative estimate of drug-likeness (QED) is 0.791. The molecule has 1 aromatic rings. The monoisotopic (exact) mass is 321 g/mol. The van der Waals surface area contributed by atoms with Crippen LogP contribution in [0.1, 0.15) is 30.9 Å². The molecule has 0 unspecified atom stereocenters. The largest absolute Gasteiger partial charge is 0.416 e. The fourth-order valence-electron chi connectivity index (χ4n) is 2.54. The molecule has 1 aliphatic rings. The summed E-state index contributed by atoms with van der Waals surface area (Å²) in [5.41, 5.74) is -0.571. The highest BCUT2D eigenvalue weighted by Crippen LogP contribution is 2.40. The van der Waals surface area contributed by atoms with E-state index in [1.807, 2.05) is 12.1 Å². The summed E-state index contributed by atoms with van der Waals surface area (Å²) in [5, 5.41) is 21.4. The van der Waals surface area contributed by atoms with Crippen LogP contribution >= 0.6 is 0 Å². The number of benzene rings is 1. The molecule has 0 amide bonds. The van der Waals surface area contributed by atoms with Crippen molar-refractivity contribution in [3.05, 3.63) is 57.7 Å². The van der Waals surface area contributed by atoms with Gasteiger partial charge in [0.25, 0.3) is 0 Å². The Morgan fingerprint density at radius 1 is 1.04 bits per heavy atom. The van der Waals surface area contributed by atoms with E-state index in [2.05, 4.69) is 5.32 Å². The summed E-state index contributed by atoms with van der Waals surface area (Å²) in [6, 6.07) is 5.70. The van der Waals surface area contributed by atoms with Crippen molar-refractivity contribution in [3.8, 4) is 12.1 Å². The third kappa shape index (κ3) is 2.91. The van der Waals surface area contributed by atoms with Crippen LogP contribution in [0.5, 0.6) is 0 Å². The second-order valence-corrected chi connectivity index (χ2v) is 5.09. The molecule has 1 aromatic carbocycles. The molecule has 3 nitrogen and oxygen atoms in total. The first kappa shape index (κ1) is 16.6. The molecule has 0 aromatic heterocycles. The van der Waals surface area contributed by atoms with Crippen molar-refractivity contribution in [3.63, 3.8) is 0 Å². The van der Waals surface area contributed by atoms with Gasteiger partial charge in [0.15, 0.2) is 0 Å². The van der Waals surface area contributed by atoms with Crippen molar-refractivity contribution >= 4 is 0 Å². The summed E-state index contributed by atoms with van der Waals surface area (Å²) in [7, 11) is 0. The van der Waals surface area contributed by atoms with E-state index in [4.69, 9.17) is 0 Å². The first-order chi connectivity index (χ1) is 10.7. The normalized spacial score (nSPS) is 16.0. The van der Waals surface area contributed by atoms with Crippen molar-refractivity contribution in [2.75, 3.05) is 0 Å². The van der Waals surface area contributed by atoms with Gasteiger partial charge in [0.1, 0.15) is 5.82 Å². The summed E-state index contributed by atoms with van der Waals surface area (Å²) in [6.07, 6.45) is -4.65. The molecule has 23 heavy (non-hydrogen) atoms. The Kier molecular flexibility index (Phi) is 4.16. The molecule has 0 saturated heterocycles. The van der Waals surface area contributed by atoms with Crippen LogP contribution in [0, 0.1) is 28.5 Å². The fourth-order valence-corrected chi connectivity index (χ4v) is 2.54. The van der Waals surface area contributed by atoms with E-state index < -0.39 is 23.5 Å². The Labute approximate surface area is 130 Å². The summed E-state index contributed by atoms with van der Waals surface area (Å²) in [4.78, 5) is 0. The third-order valence-corrected chi connectivity index (χ3v) is 3.64. The zero-order valence-corrected chi connectivity index (χ0v) is 12.2. The van der Waals surface area contributed by atoms with Gasteiger partial charge in [0, 0.05) is 17.0 Å². The SMILES string of the molecule is CC1=C(C#N)C(c2cc(C(F)(F)F)ccc2F)C(C#N)=C(C)N1. The van der Waals surface area contributed by atoms with Gasteiger partial charge < -0.3 is 5.32 Å². The van der Waals surface area contributed by atoms with Crippen LogP contribution in [0.2, 0.25) is 0 Å². The molecule has 0 fully saturated rings. The standard InChI is InChI=1S/C16H11F4N3/c1-8-12(6-21)15(13(7-22)9(2)23-8)11-5-10(16(18,19)20)3-4-14(11)17/h3-5,15,23H,1-2H3. The molecule has 2 rings (SSSR count). The lowest BCUT2D eigenvalue weighted by atomic mass is 9.81. The number of rotatable bonds is 1. The van der Waals surface area contributed by atoms with E-state index in [1.54, 1.807) is 13.8 Å². The summed E-state index contributed by atoms with van der Waals surface area (Å²) in [5.74, 6) is -2.06. The Balaban J connectivity index is 2.74. The van der Waals surface area contributed by atoms with Gasteiger partial charge in [-0.15, -0.1) is 0 Å². The molecule has 0 spiro atoms. The Morgan fingerprint density at radius 3 is 2.00 bits per heavy atom. The number of nitrogens with zero attached hydrogens (tertiary/aromatic N) is 2. The summed E-state index contributed by atoms with van der Waals surface area (Å²) < 4.78 is 52.8. The number of hydrogen-bond donors (Lipinski definition) is 1. The minimum Gasteiger partial charge on any atom is -0.361 e. The molecule has 0 aliphatic carbocycles. The van der Waals surface area contributed by atoms with Crippen LogP contribution < -0.4 is 5.32 Å². The van der Waals surface area contributed by atoms with Crippen molar-refractivity contribution in [2.24, 2.45) is 0 Å². The predicted molar refractivity (Wildman–Crippen MR) is 73.9 cm³/mol. The molecule has 0 bridgehead atoms. The molecular weight excluding hydrogens is 310 g/mol. The number of allylic oxidation sites excluding steroid dienone is 4. The molecule has 0 atom stereocenters. The number of dihydropyridines is 1. The van der Waals surface area contributed by atoms with Gasteiger partial charge in [-0.1, -0.05) is 0 Å². The number of nitrogens with one attached hydrogen (secondary N) is 1. The van der Waals surface area contributed by atoms with Gasteiger partial charge in [-0.05, 0) is 32.0 Å². The first-order valence-electron chi connectivity index (χ1n) is 6.56. The van der Waals surface area contributed by atoms with Crippen molar-refractivity contribution in [1.29, 1.82) is 10.5 Å². The maximum atomic E-state index is 14.2. The van der Waals surface area contributed by atoms with E-state index in [0.29, 0.717) is 29.6 Å². The van der Waals surface area contributed by atoms with Crippen molar-refractivity contribution in [1.82, 2.24) is 5.32 Å². The minimum absolute atomic E-state index is 0.0189. The molecule has 7 heteroatoms. The van der Waals surface area contributed by atoms with Crippen LogP contribution in [0.4, 0.5) is 17.6 Å². The van der Waals surface area contributed by atoms with E-state index in [9.17, 15) is 28.1 Å². The second kappa shape index (κ2) is 5.77. The summed E-state index contributed by atoms with van der Waals surface area (Å²) in [6.45, 7) is 3.10. The lowest BCUT2D eigenvalue weighted by molar-refractivity contribution is -0.137. The highest BCUT2D eigenvalue weighted by molar-refractivity contribution is 5.55. The van der Waals surface area contributed by atoms with Crippen molar-refractivity contribution in [2.45, 2.75) is 25.9 Å². The van der Waals surface area contributed by atoms with Crippen LogP contribution in [0.15, 0.2) is 40.7 Å². The van der Waals surface area contributed by atoms with Crippen LogP contribution in [0.25, 0.3) is 0 Å². The van der Waals surface area contributed by atoms with Gasteiger partial charge in [-0.25, -0.2) is 4.39 Å². The van der Waals surface area contributed by atoms with Crippen molar-refractivity contribution < 1.29 is 17.6 Å². The minimum atomic E-state index is -4.65. The van der Waals surface area contributed by atoms with Crippen LogP contribution in [-0.4, -0.2) is 0 Å². The topological polar surface area (TPSA) is 59.6 Å². The number of halogens is 4. The zero-order chi connectivity index (χ0) is 17.4. The number of nitriles is 2. The van der Waals surface area contributed by atoms with E-state index >= 15 is 0 Å². The highest BCUT2D eigenvalue weighted by atomic mass is 19.4. The van der Waals surface area contributed by atoms with E-state index in [1.165, 1.54) is 0 Å². The molecule has 1 heterocycles. The maximum Gasteiger partial charge on any atom is 0.416 e. The molecule has 0 radical (unpaired) electrons. The third-order valence-electron chi connectivity index (χ3n) is 3.64. The summed E-state index contributed by atoms with van der Waals surface area (Å²) >= 11 is 0. The molecule has 1 aliphatic heterocycles. The highest BCUT2D eigenvalue weighted by Gasteiger charge is 2.35. The first-order valence-corrected chi connectivity index (χ1v) is 6.56. The zero-order valence-electron chi connectivity index (χ0n) is 12.2. The van der Waals surface area contributed by atoms with Gasteiger partial charge in [-0.2, -0.15) is 23.7 Å². The van der Waals surface area contributed by atoms with E-state index in [-0.39, 0.29) is 16.7 Å². The predicted octanol–water partition coefficient (Wildman–Crippen LogP) is 4.13. The Bertz CT molecular complexity index is 768.